The number of likely N-dealkylation sites (tertiary alicyclic amines) is 1. The zero-order valence-corrected chi connectivity index (χ0v) is 17.4. The topological polar surface area (TPSA) is 78.9 Å². The molecule has 1 aliphatic rings. The van der Waals surface area contributed by atoms with E-state index in [1.54, 1.807) is 18.2 Å². The highest BCUT2D eigenvalue weighted by Crippen LogP contribution is 2.24. The molecule has 29 heavy (non-hydrogen) atoms. The van der Waals surface area contributed by atoms with Gasteiger partial charge in [-0.1, -0.05) is 41.4 Å². The van der Waals surface area contributed by atoms with Crippen LogP contribution in [0.2, 0.25) is 10.0 Å². The van der Waals surface area contributed by atoms with Crippen molar-refractivity contribution in [3.05, 3.63) is 63.6 Å². The monoisotopic (exact) mass is 436 g/mol. The highest BCUT2D eigenvalue weighted by atomic mass is 35.5. The Kier molecular flexibility index (Phi) is 7.00. The smallest absolute Gasteiger partial charge is 0.326 e. The Hall–Kier alpha value is -2.28. The summed E-state index contributed by atoms with van der Waals surface area (Å²) < 4.78 is 5.94. The van der Waals surface area contributed by atoms with Gasteiger partial charge in [-0.25, -0.2) is 4.79 Å². The van der Waals surface area contributed by atoms with Gasteiger partial charge in [0, 0.05) is 19.5 Å². The normalized spacial score (nSPS) is 17.7. The lowest BCUT2D eigenvalue weighted by molar-refractivity contribution is -0.139. The van der Waals surface area contributed by atoms with E-state index in [4.69, 9.17) is 27.9 Å². The number of carboxylic acid groups (broad SMARTS) is 1. The van der Waals surface area contributed by atoms with Crippen molar-refractivity contribution < 1.29 is 19.4 Å². The summed E-state index contributed by atoms with van der Waals surface area (Å²) in [7, 11) is 2.06. The molecule has 1 heterocycles. The van der Waals surface area contributed by atoms with Crippen LogP contribution in [0.4, 0.5) is 0 Å². The molecule has 2 N–H and O–H groups in total. The third-order valence-corrected chi connectivity index (χ3v) is 5.44. The van der Waals surface area contributed by atoms with Crippen LogP contribution in [0.3, 0.4) is 0 Å². The molecule has 1 saturated heterocycles. The second-order valence-electron chi connectivity index (χ2n) is 7.10. The van der Waals surface area contributed by atoms with Gasteiger partial charge in [0.05, 0.1) is 15.6 Å². The van der Waals surface area contributed by atoms with Gasteiger partial charge in [-0.3, -0.25) is 4.79 Å². The van der Waals surface area contributed by atoms with Gasteiger partial charge < -0.3 is 20.1 Å². The number of likely N-dealkylation sites (N-methyl/N-ethyl adjacent to an activating group) is 1. The lowest BCUT2D eigenvalue weighted by Crippen LogP contribution is -2.42. The molecule has 0 unspecified atom stereocenters. The quantitative estimate of drug-likeness (QED) is 0.694. The predicted octanol–water partition coefficient (Wildman–Crippen LogP) is 3.50. The Morgan fingerprint density at radius 3 is 2.41 bits per heavy atom. The summed E-state index contributed by atoms with van der Waals surface area (Å²) >= 11 is 12.1. The van der Waals surface area contributed by atoms with E-state index < -0.39 is 17.9 Å². The van der Waals surface area contributed by atoms with E-state index >= 15 is 0 Å². The number of carbonyl (C=O) groups is 2. The largest absolute Gasteiger partial charge is 0.489 e. The molecule has 8 heteroatoms. The average molecular weight is 437 g/mol. The summed E-state index contributed by atoms with van der Waals surface area (Å²) in [6, 6.07) is 10.8. The number of ether oxygens (including phenoxy) is 1. The molecule has 0 aromatic heterocycles. The molecule has 1 fully saturated rings. The lowest BCUT2D eigenvalue weighted by Gasteiger charge is -2.17. The Labute approximate surface area is 179 Å². The fourth-order valence-corrected chi connectivity index (χ4v) is 3.84. The molecule has 3 rings (SSSR count). The predicted molar refractivity (Wildman–Crippen MR) is 112 cm³/mol. The number of halogens is 2. The number of carbonyl (C=O) groups excluding carboxylic acids is 1. The fraction of sp³-hybridized carbons (Fsp3) is 0.333. The number of amides is 1. The molecule has 0 saturated carbocycles. The van der Waals surface area contributed by atoms with Crippen molar-refractivity contribution in [3.63, 3.8) is 0 Å². The number of benzene rings is 2. The molecule has 1 amide bonds. The van der Waals surface area contributed by atoms with E-state index in [9.17, 15) is 14.7 Å². The fourth-order valence-electron chi connectivity index (χ4n) is 3.27. The maximum absolute atomic E-state index is 12.5. The zero-order chi connectivity index (χ0) is 21.0. The van der Waals surface area contributed by atoms with Crippen molar-refractivity contribution in [2.75, 3.05) is 20.1 Å². The maximum atomic E-state index is 12.5. The van der Waals surface area contributed by atoms with E-state index in [2.05, 4.69) is 17.3 Å². The lowest BCUT2D eigenvalue weighted by atomic mass is 10.0. The summed E-state index contributed by atoms with van der Waals surface area (Å²) in [5.41, 5.74) is 0.825. The Balaban J connectivity index is 1.64. The molecule has 1 aliphatic heterocycles. The highest BCUT2D eigenvalue weighted by Gasteiger charge is 2.24. The van der Waals surface area contributed by atoms with Gasteiger partial charge in [0.1, 0.15) is 17.9 Å². The molecule has 0 aliphatic carbocycles. The first kappa shape index (κ1) is 21.4. The van der Waals surface area contributed by atoms with Crippen LogP contribution in [0, 0.1) is 0 Å². The van der Waals surface area contributed by atoms with Crippen LogP contribution in [0.15, 0.2) is 42.5 Å². The molecule has 0 radical (unpaired) electrons. The van der Waals surface area contributed by atoms with Gasteiger partial charge in [-0.05, 0) is 43.3 Å². The number of carboxylic acids is 1. The third-order valence-electron chi connectivity index (χ3n) is 4.81. The second kappa shape index (κ2) is 9.48. The first-order valence-corrected chi connectivity index (χ1v) is 10.0. The van der Waals surface area contributed by atoms with Crippen molar-refractivity contribution in [3.8, 4) is 5.75 Å². The van der Waals surface area contributed by atoms with Crippen molar-refractivity contribution >= 4 is 35.1 Å². The van der Waals surface area contributed by atoms with E-state index in [0.29, 0.717) is 0 Å². The molecule has 0 spiro atoms. The van der Waals surface area contributed by atoms with Gasteiger partial charge in [-0.2, -0.15) is 0 Å². The number of hydrogen-bond donors (Lipinski definition) is 2. The van der Waals surface area contributed by atoms with Crippen LogP contribution in [-0.4, -0.2) is 54.2 Å². The third kappa shape index (κ3) is 5.63. The van der Waals surface area contributed by atoms with Crippen molar-refractivity contribution in [2.24, 2.45) is 0 Å². The Morgan fingerprint density at radius 2 is 1.86 bits per heavy atom. The van der Waals surface area contributed by atoms with Crippen LogP contribution < -0.4 is 10.1 Å². The Bertz CT molecular complexity index is 868. The van der Waals surface area contributed by atoms with E-state index in [-0.39, 0.29) is 28.1 Å². The number of hydrogen-bond acceptors (Lipinski definition) is 4. The van der Waals surface area contributed by atoms with Gasteiger partial charge in [-0.15, -0.1) is 0 Å². The van der Waals surface area contributed by atoms with Gasteiger partial charge in [0.2, 0.25) is 0 Å². The molecular weight excluding hydrogens is 415 g/mol. The summed E-state index contributed by atoms with van der Waals surface area (Å²) in [5, 5.41) is 12.4. The minimum Gasteiger partial charge on any atom is -0.489 e. The van der Waals surface area contributed by atoms with Crippen molar-refractivity contribution in [1.29, 1.82) is 0 Å². The van der Waals surface area contributed by atoms with Crippen LogP contribution in [-0.2, 0) is 11.2 Å². The standard InChI is InChI=1S/C21H22Cl2N2O4/c1-25-10-9-15(12-25)29-14-7-5-13(6-8-14)11-18(21(27)28)24-20(26)19-16(22)3-2-4-17(19)23/h2-8,15,18H,9-12H2,1H3,(H,24,26)(H,27,28)/t15-,18+/m1/s1. The minimum absolute atomic E-state index is 0.0624. The summed E-state index contributed by atoms with van der Waals surface area (Å²) in [6.07, 6.45) is 1.27. The van der Waals surface area contributed by atoms with Gasteiger partial charge >= 0.3 is 5.97 Å². The number of nitrogens with zero attached hydrogens (tertiary/aromatic N) is 1. The molecule has 2 aromatic carbocycles. The molecule has 2 atom stereocenters. The first-order chi connectivity index (χ1) is 13.8. The van der Waals surface area contributed by atoms with Crippen LogP contribution in [0.5, 0.6) is 5.75 Å². The first-order valence-electron chi connectivity index (χ1n) is 9.25. The summed E-state index contributed by atoms with van der Waals surface area (Å²) in [6.45, 7) is 1.90. The highest BCUT2D eigenvalue weighted by molar-refractivity contribution is 6.39. The van der Waals surface area contributed by atoms with Crippen molar-refractivity contribution in [1.82, 2.24) is 10.2 Å². The van der Waals surface area contributed by atoms with E-state index in [1.165, 1.54) is 12.1 Å². The second-order valence-corrected chi connectivity index (χ2v) is 7.91. The molecule has 6 nitrogen and oxygen atoms in total. The van der Waals surface area contributed by atoms with Crippen LogP contribution in [0.1, 0.15) is 22.3 Å². The molecule has 2 aromatic rings. The minimum atomic E-state index is -1.14. The van der Waals surface area contributed by atoms with E-state index in [1.807, 2.05) is 12.1 Å². The van der Waals surface area contributed by atoms with Crippen molar-refractivity contribution in [2.45, 2.75) is 25.0 Å². The zero-order valence-electron chi connectivity index (χ0n) is 15.9. The number of nitrogens with one attached hydrogen (secondary N) is 1. The molecule has 154 valence electrons. The average Bonchev–Trinajstić information content (AvgIpc) is 3.07. The van der Waals surface area contributed by atoms with Crippen LogP contribution in [0.25, 0.3) is 0 Å². The van der Waals surface area contributed by atoms with Gasteiger partial charge in [0.15, 0.2) is 0 Å². The molecule has 0 bridgehead atoms. The SMILES string of the molecule is CN1CC[C@@H](Oc2ccc(C[C@H](NC(=O)c3c(Cl)cccc3Cl)C(=O)O)cc2)C1. The summed E-state index contributed by atoms with van der Waals surface area (Å²) in [5.74, 6) is -1.03. The molecular formula is C21H22Cl2N2O4. The summed E-state index contributed by atoms with van der Waals surface area (Å²) in [4.78, 5) is 26.4. The van der Waals surface area contributed by atoms with E-state index in [0.717, 1.165) is 30.8 Å². The van der Waals surface area contributed by atoms with Gasteiger partial charge in [0.25, 0.3) is 5.91 Å². The maximum Gasteiger partial charge on any atom is 0.326 e. The van der Waals surface area contributed by atoms with Crippen LogP contribution >= 0.6 is 23.2 Å². The Morgan fingerprint density at radius 1 is 1.21 bits per heavy atom. The number of rotatable bonds is 7. The number of aliphatic carboxylic acids is 1.